The van der Waals surface area contributed by atoms with E-state index < -0.39 is 18.0 Å². The van der Waals surface area contributed by atoms with Gasteiger partial charge in [-0.25, -0.2) is 4.98 Å². The van der Waals surface area contributed by atoms with Crippen LogP contribution in [-0.4, -0.2) is 23.8 Å². The third-order valence-corrected chi connectivity index (χ3v) is 5.42. The Balaban J connectivity index is 1.66. The number of thiophene rings is 1. The fourth-order valence-corrected chi connectivity index (χ4v) is 4.04. The first-order valence-electron chi connectivity index (χ1n) is 8.39. The van der Waals surface area contributed by atoms with Crippen molar-refractivity contribution in [3.05, 3.63) is 46.5 Å². The van der Waals surface area contributed by atoms with Crippen molar-refractivity contribution in [1.82, 2.24) is 10.3 Å². The smallest absolute Gasteiger partial charge is 0.404 e. The van der Waals surface area contributed by atoms with E-state index in [2.05, 4.69) is 20.4 Å². The second-order valence-corrected chi connectivity index (χ2v) is 7.22. The van der Waals surface area contributed by atoms with Crippen molar-refractivity contribution in [3.63, 3.8) is 0 Å². The summed E-state index contributed by atoms with van der Waals surface area (Å²) in [5.41, 5.74) is 8.29. The van der Waals surface area contributed by atoms with Crippen molar-refractivity contribution < 1.29 is 22.7 Å². The van der Waals surface area contributed by atoms with Gasteiger partial charge in [0.15, 0.2) is 5.75 Å². The number of fused-ring (bicyclic) bond motifs is 2. The Morgan fingerprint density at radius 2 is 2.11 bits per heavy atom. The van der Waals surface area contributed by atoms with E-state index in [9.17, 15) is 18.0 Å². The summed E-state index contributed by atoms with van der Waals surface area (Å²) in [5, 5.41) is 6.36. The molecule has 1 aliphatic rings. The van der Waals surface area contributed by atoms with Crippen molar-refractivity contribution in [2.75, 3.05) is 17.6 Å². The maximum atomic E-state index is 12.7. The molecule has 0 unspecified atom stereocenters. The lowest BCUT2D eigenvalue weighted by molar-refractivity contribution is -0.274. The number of nitrogens with one attached hydrogen (secondary N) is 2. The van der Waals surface area contributed by atoms with E-state index in [4.69, 9.17) is 5.73 Å². The van der Waals surface area contributed by atoms with Gasteiger partial charge in [0.1, 0.15) is 9.71 Å². The molecule has 0 spiro atoms. The summed E-state index contributed by atoms with van der Waals surface area (Å²) in [6.45, 7) is 1.51. The standard InChI is InChI=1S/C18H15F3N4O2S/c19-18(20,21)27-13-4-2-1-3-12(13)24-16(26)15-14(22)10-7-9-8-23-6-5-11(9)25-17(10)28-15/h1-4,7,23H,5-6,8,22H2,(H,24,26). The summed E-state index contributed by atoms with van der Waals surface area (Å²) in [5.74, 6) is -1.11. The molecule has 146 valence electrons. The Bertz CT molecular complexity index is 1060. The molecule has 0 radical (unpaired) electrons. The van der Waals surface area contributed by atoms with Gasteiger partial charge < -0.3 is 21.1 Å². The van der Waals surface area contributed by atoms with Gasteiger partial charge in [-0.1, -0.05) is 12.1 Å². The van der Waals surface area contributed by atoms with Crippen molar-refractivity contribution in [3.8, 4) is 5.75 Å². The van der Waals surface area contributed by atoms with E-state index in [1.165, 1.54) is 18.2 Å². The summed E-state index contributed by atoms with van der Waals surface area (Å²) in [6.07, 6.45) is -4.08. The number of amides is 1. The Kier molecular flexibility index (Phi) is 4.60. The van der Waals surface area contributed by atoms with Crippen LogP contribution in [0, 0.1) is 0 Å². The van der Waals surface area contributed by atoms with Crippen molar-refractivity contribution in [1.29, 1.82) is 0 Å². The van der Waals surface area contributed by atoms with Crippen LogP contribution >= 0.6 is 11.3 Å². The van der Waals surface area contributed by atoms with E-state index in [0.29, 0.717) is 16.8 Å². The maximum absolute atomic E-state index is 12.7. The molecule has 4 N–H and O–H groups in total. The lowest BCUT2D eigenvalue weighted by Crippen LogP contribution is -2.24. The minimum atomic E-state index is -4.87. The van der Waals surface area contributed by atoms with Crippen LogP contribution < -0.4 is 21.1 Å². The van der Waals surface area contributed by atoms with Crippen LogP contribution in [0.15, 0.2) is 30.3 Å². The maximum Gasteiger partial charge on any atom is 0.573 e. The van der Waals surface area contributed by atoms with Gasteiger partial charge in [0.25, 0.3) is 5.91 Å². The van der Waals surface area contributed by atoms with Crippen LogP contribution in [0.1, 0.15) is 20.9 Å². The molecule has 2 aromatic heterocycles. The third kappa shape index (κ3) is 3.60. The molecule has 0 aliphatic carbocycles. The second-order valence-electron chi connectivity index (χ2n) is 6.22. The molecule has 3 heterocycles. The predicted molar refractivity (Wildman–Crippen MR) is 101 cm³/mol. The Morgan fingerprint density at radius 3 is 2.89 bits per heavy atom. The molecule has 1 aromatic carbocycles. The number of rotatable bonds is 3. The Morgan fingerprint density at radius 1 is 1.32 bits per heavy atom. The summed E-state index contributed by atoms with van der Waals surface area (Å²) in [6, 6.07) is 7.24. The van der Waals surface area contributed by atoms with Gasteiger partial charge in [0.05, 0.1) is 11.4 Å². The highest BCUT2D eigenvalue weighted by Gasteiger charge is 2.32. The molecule has 4 rings (SSSR count). The first kappa shape index (κ1) is 18.5. The molecule has 10 heteroatoms. The molecule has 28 heavy (non-hydrogen) atoms. The number of carbonyl (C=O) groups is 1. The van der Waals surface area contributed by atoms with Gasteiger partial charge in [0.2, 0.25) is 0 Å². The SMILES string of the molecule is Nc1c(C(=O)Nc2ccccc2OC(F)(F)F)sc2nc3c(cc12)CNCC3. The molecule has 0 atom stereocenters. The highest BCUT2D eigenvalue weighted by Crippen LogP contribution is 2.36. The van der Waals surface area contributed by atoms with Crippen LogP contribution in [0.4, 0.5) is 24.5 Å². The van der Waals surface area contributed by atoms with Crippen LogP contribution in [0.2, 0.25) is 0 Å². The van der Waals surface area contributed by atoms with Gasteiger partial charge in [-0.2, -0.15) is 0 Å². The van der Waals surface area contributed by atoms with Gasteiger partial charge in [-0.3, -0.25) is 4.79 Å². The van der Waals surface area contributed by atoms with E-state index in [1.807, 2.05) is 6.07 Å². The molecule has 0 saturated heterocycles. The van der Waals surface area contributed by atoms with Gasteiger partial charge in [-0.15, -0.1) is 24.5 Å². The molecule has 1 amide bonds. The molecule has 0 saturated carbocycles. The fraction of sp³-hybridized carbons (Fsp3) is 0.222. The lowest BCUT2D eigenvalue weighted by atomic mass is 10.1. The number of pyridine rings is 1. The number of hydrogen-bond acceptors (Lipinski definition) is 6. The number of nitrogen functional groups attached to an aromatic ring is 1. The van der Waals surface area contributed by atoms with Crippen LogP contribution in [0.5, 0.6) is 5.75 Å². The molecular weight excluding hydrogens is 393 g/mol. The molecule has 0 bridgehead atoms. The Hall–Kier alpha value is -2.85. The van der Waals surface area contributed by atoms with Gasteiger partial charge in [-0.05, 0) is 23.8 Å². The number of halogens is 3. The van der Waals surface area contributed by atoms with Crippen LogP contribution in [0.3, 0.4) is 0 Å². The third-order valence-electron chi connectivity index (χ3n) is 4.31. The first-order chi connectivity index (χ1) is 13.3. The number of para-hydroxylation sites is 2. The number of anilines is 2. The number of ether oxygens (including phenoxy) is 1. The average molecular weight is 408 g/mol. The summed E-state index contributed by atoms with van der Waals surface area (Å²) < 4.78 is 41.7. The number of benzene rings is 1. The van der Waals surface area contributed by atoms with E-state index >= 15 is 0 Å². The zero-order chi connectivity index (χ0) is 19.9. The van der Waals surface area contributed by atoms with E-state index in [1.54, 1.807) is 0 Å². The number of aromatic nitrogens is 1. The number of hydrogen-bond donors (Lipinski definition) is 3. The molecular formula is C18H15F3N4O2S. The number of nitrogens with zero attached hydrogens (tertiary/aromatic N) is 1. The lowest BCUT2D eigenvalue weighted by Gasteiger charge is -2.15. The summed E-state index contributed by atoms with van der Waals surface area (Å²) in [7, 11) is 0. The summed E-state index contributed by atoms with van der Waals surface area (Å²) >= 11 is 1.11. The minimum absolute atomic E-state index is 0.0989. The van der Waals surface area contributed by atoms with Crippen LogP contribution in [-0.2, 0) is 13.0 Å². The molecule has 0 fully saturated rings. The molecule has 3 aromatic rings. The first-order valence-corrected chi connectivity index (χ1v) is 9.21. The highest BCUT2D eigenvalue weighted by molar-refractivity contribution is 7.21. The van der Waals surface area contributed by atoms with E-state index in [-0.39, 0.29) is 16.3 Å². The highest BCUT2D eigenvalue weighted by atomic mass is 32.1. The normalized spacial score (nSPS) is 14.0. The van der Waals surface area contributed by atoms with Crippen LogP contribution in [0.25, 0.3) is 10.2 Å². The van der Waals surface area contributed by atoms with Crippen molar-refractivity contribution in [2.45, 2.75) is 19.3 Å². The zero-order valence-electron chi connectivity index (χ0n) is 14.4. The monoisotopic (exact) mass is 408 g/mol. The second kappa shape index (κ2) is 6.95. The van der Waals surface area contributed by atoms with Crippen molar-refractivity contribution in [2.24, 2.45) is 0 Å². The van der Waals surface area contributed by atoms with Gasteiger partial charge >= 0.3 is 6.36 Å². The Labute approximate surface area is 161 Å². The van der Waals surface area contributed by atoms with Crippen molar-refractivity contribution >= 4 is 38.8 Å². The number of carbonyl (C=O) groups excluding carboxylic acids is 1. The predicted octanol–water partition coefficient (Wildman–Crippen LogP) is 3.68. The quantitative estimate of drug-likeness (QED) is 0.615. The number of nitrogens with two attached hydrogens (primary N) is 1. The molecule has 6 nitrogen and oxygen atoms in total. The molecule has 1 aliphatic heterocycles. The van der Waals surface area contributed by atoms with Gasteiger partial charge in [0, 0.05) is 30.6 Å². The topological polar surface area (TPSA) is 89.3 Å². The average Bonchev–Trinajstić information content (AvgIpc) is 2.96. The largest absolute Gasteiger partial charge is 0.573 e. The summed E-state index contributed by atoms with van der Waals surface area (Å²) in [4.78, 5) is 18.1. The minimum Gasteiger partial charge on any atom is -0.404 e. The fourth-order valence-electron chi connectivity index (χ4n) is 3.05. The number of alkyl halides is 3. The zero-order valence-corrected chi connectivity index (χ0v) is 15.2. The van der Waals surface area contributed by atoms with E-state index in [0.717, 1.165) is 41.6 Å².